The van der Waals surface area contributed by atoms with E-state index in [-0.39, 0.29) is 24.1 Å². The third-order valence-electron chi connectivity index (χ3n) is 6.10. The molecular weight excluding hydrogens is 288 g/mol. The van der Waals surface area contributed by atoms with Crippen LogP contribution in [0.25, 0.3) is 0 Å². The number of aromatic nitrogens is 1. The quantitative estimate of drug-likeness (QED) is 0.846. The highest BCUT2D eigenvalue weighted by molar-refractivity contribution is 7.09. The Morgan fingerprint density at radius 2 is 2.48 bits per heavy atom. The minimum atomic E-state index is -0.988. The summed E-state index contributed by atoms with van der Waals surface area (Å²) in [4.78, 5) is 19.8. The van der Waals surface area contributed by atoms with Crippen LogP contribution in [-0.4, -0.2) is 52.8 Å². The van der Waals surface area contributed by atoms with Crippen molar-refractivity contribution in [2.24, 2.45) is 5.41 Å². The summed E-state index contributed by atoms with van der Waals surface area (Å²) in [5, 5.41) is 9.71. The average Bonchev–Trinajstić information content (AvgIpc) is 2.94. The van der Waals surface area contributed by atoms with Gasteiger partial charge in [0.1, 0.15) is 11.5 Å². The highest BCUT2D eigenvalue weighted by Gasteiger charge is 2.75. The molecule has 0 bridgehead atoms. The number of aliphatic hydroxyl groups excluding tert-OH is 1. The van der Waals surface area contributed by atoms with Gasteiger partial charge in [-0.1, -0.05) is 0 Å². The minimum Gasteiger partial charge on any atom is -0.461 e. The lowest BCUT2D eigenvalue weighted by Crippen LogP contribution is -2.86. The fourth-order valence-corrected chi connectivity index (χ4v) is 5.24. The fraction of sp³-hybridized carbons (Fsp3) is 0.733. The number of ether oxygens (including phenoxy) is 1. The first-order valence-corrected chi connectivity index (χ1v) is 8.35. The Labute approximate surface area is 127 Å². The molecule has 1 aromatic heterocycles. The Hall–Kier alpha value is -0.980. The van der Waals surface area contributed by atoms with Crippen molar-refractivity contribution in [3.63, 3.8) is 0 Å². The first-order valence-electron chi connectivity index (χ1n) is 7.47. The largest absolute Gasteiger partial charge is 0.461 e. The zero-order valence-electron chi connectivity index (χ0n) is 12.3. The summed E-state index contributed by atoms with van der Waals surface area (Å²) in [6, 6.07) is 1.19. The number of esters is 1. The van der Waals surface area contributed by atoms with Gasteiger partial charge in [0.2, 0.25) is 0 Å². The van der Waals surface area contributed by atoms with Gasteiger partial charge in [0, 0.05) is 35.0 Å². The summed E-state index contributed by atoms with van der Waals surface area (Å²) in [6.07, 6.45) is 4.99. The lowest BCUT2D eigenvalue weighted by atomic mass is 9.41. The van der Waals surface area contributed by atoms with E-state index in [9.17, 15) is 9.90 Å². The van der Waals surface area contributed by atoms with Crippen molar-refractivity contribution < 1.29 is 14.6 Å². The molecule has 1 aliphatic heterocycles. The Kier molecular flexibility index (Phi) is 2.78. The van der Waals surface area contributed by atoms with E-state index in [1.165, 1.54) is 24.2 Å². The van der Waals surface area contributed by atoms with Gasteiger partial charge in [-0.2, -0.15) is 0 Å². The third kappa shape index (κ3) is 1.48. The van der Waals surface area contributed by atoms with Crippen molar-refractivity contribution in [1.82, 2.24) is 9.88 Å². The molecule has 2 heterocycles. The number of likely N-dealkylation sites (tertiary alicyclic amines) is 1. The molecule has 1 aromatic rings. The van der Waals surface area contributed by atoms with E-state index in [4.69, 9.17) is 4.74 Å². The van der Waals surface area contributed by atoms with Gasteiger partial charge < -0.3 is 9.84 Å². The van der Waals surface area contributed by atoms with Crippen molar-refractivity contribution in [2.75, 3.05) is 13.7 Å². The van der Waals surface area contributed by atoms with Gasteiger partial charge in [-0.3, -0.25) is 14.7 Å². The summed E-state index contributed by atoms with van der Waals surface area (Å²) in [5.74, 6) is -0.313. The van der Waals surface area contributed by atoms with Crippen molar-refractivity contribution in [2.45, 2.75) is 49.8 Å². The summed E-state index contributed by atoms with van der Waals surface area (Å²) in [6.45, 7) is 1.49. The molecule has 1 spiro atoms. The maximum Gasteiger partial charge on any atom is 0.319 e. The Morgan fingerprint density at radius 3 is 3.00 bits per heavy atom. The molecule has 4 rings (SSSR count). The van der Waals surface area contributed by atoms with Gasteiger partial charge in [-0.15, -0.1) is 11.3 Å². The van der Waals surface area contributed by atoms with Crippen molar-refractivity contribution in [1.29, 1.82) is 0 Å². The smallest absolute Gasteiger partial charge is 0.319 e. The van der Waals surface area contributed by atoms with E-state index >= 15 is 0 Å². The van der Waals surface area contributed by atoms with Gasteiger partial charge >= 0.3 is 5.97 Å². The van der Waals surface area contributed by atoms with Crippen LogP contribution in [0.2, 0.25) is 0 Å². The molecule has 0 amide bonds. The topological polar surface area (TPSA) is 62.7 Å². The van der Waals surface area contributed by atoms with Crippen LogP contribution in [-0.2, 0) is 14.9 Å². The third-order valence-corrected chi connectivity index (χ3v) is 7.14. The molecule has 3 aliphatic rings. The molecular formula is C15H20N2O3S. The molecule has 5 atom stereocenters. The molecule has 5 nitrogen and oxygen atoms in total. The zero-order chi connectivity index (χ0) is 14.8. The number of carbonyl (C=O) groups is 1. The van der Waals surface area contributed by atoms with Gasteiger partial charge in [0.15, 0.2) is 0 Å². The van der Waals surface area contributed by atoms with Gasteiger partial charge in [0.25, 0.3) is 0 Å². The zero-order valence-corrected chi connectivity index (χ0v) is 13.1. The molecule has 2 aliphatic carbocycles. The molecule has 1 N–H and O–H groups in total. The molecule has 0 aromatic carbocycles. The minimum absolute atomic E-state index is 0.0312. The lowest BCUT2D eigenvalue weighted by molar-refractivity contribution is -0.316. The molecule has 3 fully saturated rings. The number of rotatable bonds is 4. The summed E-state index contributed by atoms with van der Waals surface area (Å²) in [5.41, 5.74) is 0.920. The Balaban J connectivity index is 1.49. The van der Waals surface area contributed by atoms with E-state index in [1.54, 1.807) is 18.6 Å². The maximum atomic E-state index is 12.6. The standard InChI is InChI=1S/C15H20N2O3S/c1-14(7-18,12-6-16-8-21-12)13(19)20-11-5-10-15(11)4-3-9(15)17(10)2/h6,8-11,18H,3-5,7H2,1-2H3. The SMILES string of the molecule is CN1C2CCC23C(OC(=O)C(C)(CO)c2cncs2)CC13. The average molecular weight is 308 g/mol. The molecule has 5 unspecified atom stereocenters. The van der Waals surface area contributed by atoms with Gasteiger partial charge in [-0.25, -0.2) is 0 Å². The van der Waals surface area contributed by atoms with Crippen molar-refractivity contribution >= 4 is 17.3 Å². The van der Waals surface area contributed by atoms with Gasteiger partial charge in [0.05, 0.1) is 12.1 Å². The number of piperidine rings is 2. The molecule has 1 saturated heterocycles. The number of carbonyl (C=O) groups excluding carboxylic acids is 1. The van der Waals surface area contributed by atoms with Crippen LogP contribution in [0.3, 0.4) is 0 Å². The number of aliphatic hydroxyl groups is 1. The normalized spacial score (nSPS) is 39.9. The summed E-state index contributed by atoms with van der Waals surface area (Å²) < 4.78 is 5.83. The van der Waals surface area contributed by atoms with Crippen LogP contribution < -0.4 is 0 Å². The van der Waals surface area contributed by atoms with Crippen molar-refractivity contribution in [3.8, 4) is 0 Å². The fourth-order valence-electron chi connectivity index (χ4n) is 4.48. The second-order valence-corrected chi connectivity index (χ2v) is 7.72. The van der Waals surface area contributed by atoms with Crippen LogP contribution >= 0.6 is 11.3 Å². The van der Waals surface area contributed by atoms with Gasteiger partial charge in [-0.05, 0) is 26.8 Å². The highest BCUT2D eigenvalue weighted by atomic mass is 32.1. The van der Waals surface area contributed by atoms with Crippen LogP contribution in [0.4, 0.5) is 0 Å². The first kappa shape index (κ1) is 13.7. The van der Waals surface area contributed by atoms with E-state index in [0.717, 1.165) is 11.3 Å². The van der Waals surface area contributed by atoms with E-state index in [1.807, 2.05) is 0 Å². The maximum absolute atomic E-state index is 12.6. The predicted molar refractivity (Wildman–Crippen MR) is 78.1 cm³/mol. The lowest BCUT2D eigenvalue weighted by Gasteiger charge is -2.78. The predicted octanol–water partition coefficient (Wildman–Crippen LogP) is 1.17. The number of thiazole rings is 1. The monoisotopic (exact) mass is 308 g/mol. The van der Waals surface area contributed by atoms with E-state index < -0.39 is 5.41 Å². The summed E-state index contributed by atoms with van der Waals surface area (Å²) in [7, 11) is 2.17. The number of hydrogen-bond donors (Lipinski definition) is 1. The second-order valence-electron chi connectivity index (χ2n) is 6.83. The van der Waals surface area contributed by atoms with Crippen LogP contribution in [0.1, 0.15) is 31.1 Å². The Morgan fingerprint density at radius 1 is 1.67 bits per heavy atom. The molecule has 6 heteroatoms. The molecule has 114 valence electrons. The number of hydrogen-bond acceptors (Lipinski definition) is 6. The summed E-state index contributed by atoms with van der Waals surface area (Å²) >= 11 is 1.38. The van der Waals surface area contributed by atoms with E-state index in [2.05, 4.69) is 16.9 Å². The molecule has 0 radical (unpaired) electrons. The molecule has 2 saturated carbocycles. The van der Waals surface area contributed by atoms with Crippen LogP contribution in [0, 0.1) is 5.41 Å². The van der Waals surface area contributed by atoms with Crippen molar-refractivity contribution in [3.05, 3.63) is 16.6 Å². The van der Waals surface area contributed by atoms with Crippen LogP contribution in [0.15, 0.2) is 11.7 Å². The van der Waals surface area contributed by atoms with E-state index in [0.29, 0.717) is 12.1 Å². The highest BCUT2D eigenvalue weighted by Crippen LogP contribution is 2.68. The number of nitrogens with zero attached hydrogens (tertiary/aromatic N) is 2. The first-order chi connectivity index (χ1) is 10.0. The molecule has 21 heavy (non-hydrogen) atoms. The Bertz CT molecular complexity index is 569. The second kappa shape index (κ2) is 4.27. The van der Waals surface area contributed by atoms with Crippen LogP contribution in [0.5, 0.6) is 0 Å².